The highest BCUT2D eigenvalue weighted by molar-refractivity contribution is 5.68. The predicted octanol–water partition coefficient (Wildman–Crippen LogP) is 2.12. The van der Waals surface area contributed by atoms with E-state index in [9.17, 15) is 4.79 Å². The summed E-state index contributed by atoms with van der Waals surface area (Å²) < 4.78 is 5.27. The van der Waals surface area contributed by atoms with Crippen molar-refractivity contribution < 1.29 is 9.53 Å². The Labute approximate surface area is 128 Å². The van der Waals surface area contributed by atoms with E-state index in [1.54, 1.807) is 0 Å². The van der Waals surface area contributed by atoms with Crippen molar-refractivity contribution in [3.8, 4) is 0 Å². The zero-order valence-electron chi connectivity index (χ0n) is 13.9. The topological polar surface area (TPSA) is 53.6 Å². The standard InChI is InChI=1S/C16H31N3O2/c1-5-19-8-6-7-14(19)11-17-12-9-13(10-12)18-15(20)21-16(2,3)4/h12-14,17H,5-11H2,1-4H3,(H,18,20). The van der Waals surface area contributed by atoms with Gasteiger partial charge in [0.25, 0.3) is 0 Å². The SMILES string of the molecule is CCN1CCCC1CNC1CC(NC(=O)OC(C)(C)C)C1. The van der Waals surface area contributed by atoms with Crippen LogP contribution in [0.4, 0.5) is 4.79 Å². The Hall–Kier alpha value is -0.810. The quantitative estimate of drug-likeness (QED) is 0.816. The smallest absolute Gasteiger partial charge is 0.407 e. The van der Waals surface area contributed by atoms with Gasteiger partial charge in [-0.25, -0.2) is 4.79 Å². The van der Waals surface area contributed by atoms with E-state index in [1.807, 2.05) is 20.8 Å². The Morgan fingerprint density at radius 3 is 2.62 bits per heavy atom. The Balaban J connectivity index is 1.58. The lowest BCUT2D eigenvalue weighted by molar-refractivity contribution is 0.0464. The lowest BCUT2D eigenvalue weighted by atomic mass is 9.86. The van der Waals surface area contributed by atoms with Gasteiger partial charge in [-0.15, -0.1) is 0 Å². The molecule has 0 aromatic carbocycles. The van der Waals surface area contributed by atoms with Gasteiger partial charge in [0.2, 0.25) is 0 Å². The maximum atomic E-state index is 11.7. The van der Waals surface area contributed by atoms with Gasteiger partial charge >= 0.3 is 6.09 Å². The summed E-state index contributed by atoms with van der Waals surface area (Å²) in [5.74, 6) is 0. The molecule has 1 amide bonds. The van der Waals surface area contributed by atoms with Crippen LogP contribution in [0, 0.1) is 0 Å². The molecule has 0 spiro atoms. The van der Waals surface area contributed by atoms with Crippen molar-refractivity contribution >= 4 is 6.09 Å². The van der Waals surface area contributed by atoms with Crippen molar-refractivity contribution in [2.75, 3.05) is 19.6 Å². The van der Waals surface area contributed by atoms with Crippen LogP contribution in [0.5, 0.6) is 0 Å². The molecule has 1 saturated carbocycles. The van der Waals surface area contributed by atoms with Gasteiger partial charge in [0, 0.05) is 24.7 Å². The van der Waals surface area contributed by atoms with Gasteiger partial charge in [-0.1, -0.05) is 6.92 Å². The predicted molar refractivity (Wildman–Crippen MR) is 84.5 cm³/mol. The van der Waals surface area contributed by atoms with Crippen molar-refractivity contribution in [3.63, 3.8) is 0 Å². The molecule has 1 aliphatic carbocycles. The zero-order chi connectivity index (χ0) is 15.5. The molecule has 1 unspecified atom stereocenters. The number of likely N-dealkylation sites (tertiary alicyclic amines) is 1. The molecule has 122 valence electrons. The molecule has 0 aromatic rings. The third kappa shape index (κ3) is 5.15. The minimum Gasteiger partial charge on any atom is -0.444 e. The third-order valence-corrected chi connectivity index (χ3v) is 4.41. The Bertz CT molecular complexity index is 348. The van der Waals surface area contributed by atoms with Gasteiger partial charge in [-0.3, -0.25) is 4.90 Å². The molecule has 21 heavy (non-hydrogen) atoms. The molecule has 2 fully saturated rings. The average Bonchev–Trinajstić information content (AvgIpc) is 2.76. The number of hydrogen-bond acceptors (Lipinski definition) is 4. The summed E-state index contributed by atoms with van der Waals surface area (Å²) in [4.78, 5) is 14.2. The number of ether oxygens (including phenoxy) is 1. The van der Waals surface area contributed by atoms with Crippen molar-refractivity contribution in [1.82, 2.24) is 15.5 Å². The molecule has 5 nitrogen and oxygen atoms in total. The summed E-state index contributed by atoms with van der Waals surface area (Å²) in [5, 5.41) is 6.58. The maximum absolute atomic E-state index is 11.7. The second-order valence-electron chi connectivity index (χ2n) is 7.34. The van der Waals surface area contributed by atoms with Crippen molar-refractivity contribution in [1.29, 1.82) is 0 Å². The fraction of sp³-hybridized carbons (Fsp3) is 0.938. The molecule has 0 radical (unpaired) electrons. The van der Waals surface area contributed by atoms with E-state index in [-0.39, 0.29) is 12.1 Å². The van der Waals surface area contributed by atoms with Gasteiger partial charge < -0.3 is 15.4 Å². The maximum Gasteiger partial charge on any atom is 0.407 e. The molecule has 5 heteroatoms. The summed E-state index contributed by atoms with van der Waals surface area (Å²) in [7, 11) is 0. The van der Waals surface area contributed by atoms with E-state index < -0.39 is 5.60 Å². The summed E-state index contributed by atoms with van der Waals surface area (Å²) in [6.07, 6.45) is 4.37. The lowest BCUT2D eigenvalue weighted by Gasteiger charge is -2.38. The van der Waals surface area contributed by atoms with E-state index in [0.29, 0.717) is 12.1 Å². The number of carbonyl (C=O) groups excluding carboxylic acids is 1. The summed E-state index contributed by atoms with van der Waals surface area (Å²) in [6.45, 7) is 11.4. The number of hydrogen-bond donors (Lipinski definition) is 2. The van der Waals surface area contributed by atoms with E-state index in [0.717, 1.165) is 25.9 Å². The minimum atomic E-state index is -0.419. The number of amides is 1. The number of nitrogens with one attached hydrogen (secondary N) is 2. The van der Waals surface area contributed by atoms with Crippen LogP contribution in [-0.4, -0.2) is 54.4 Å². The van der Waals surface area contributed by atoms with Crippen molar-refractivity contribution in [2.24, 2.45) is 0 Å². The first-order valence-corrected chi connectivity index (χ1v) is 8.34. The van der Waals surface area contributed by atoms with Gasteiger partial charge in [0.1, 0.15) is 5.60 Å². The average molecular weight is 297 g/mol. The number of nitrogens with zero attached hydrogens (tertiary/aromatic N) is 1. The highest BCUT2D eigenvalue weighted by Crippen LogP contribution is 2.22. The van der Waals surface area contributed by atoms with Gasteiger partial charge in [-0.05, 0) is 59.5 Å². The number of alkyl carbamates (subject to hydrolysis) is 1. The third-order valence-electron chi connectivity index (χ3n) is 4.41. The number of rotatable bonds is 5. The second kappa shape index (κ2) is 6.97. The van der Waals surface area contributed by atoms with Crippen molar-refractivity contribution in [3.05, 3.63) is 0 Å². The zero-order valence-corrected chi connectivity index (χ0v) is 13.9. The summed E-state index contributed by atoms with van der Waals surface area (Å²) in [5.41, 5.74) is -0.419. The highest BCUT2D eigenvalue weighted by Gasteiger charge is 2.32. The fourth-order valence-electron chi connectivity index (χ4n) is 3.22. The van der Waals surface area contributed by atoms with Gasteiger partial charge in [0.05, 0.1) is 0 Å². The van der Waals surface area contributed by atoms with Crippen LogP contribution < -0.4 is 10.6 Å². The molecule has 1 saturated heterocycles. The van der Waals surface area contributed by atoms with Gasteiger partial charge in [-0.2, -0.15) is 0 Å². The molecule has 1 atom stereocenters. The molecular weight excluding hydrogens is 266 g/mol. The van der Waals surface area contributed by atoms with Gasteiger partial charge in [0.15, 0.2) is 0 Å². The minimum absolute atomic E-state index is 0.267. The molecule has 1 aliphatic heterocycles. The Morgan fingerprint density at radius 2 is 2.00 bits per heavy atom. The molecule has 0 aromatic heterocycles. The molecule has 1 heterocycles. The van der Waals surface area contributed by atoms with Crippen LogP contribution in [0.3, 0.4) is 0 Å². The number of carbonyl (C=O) groups is 1. The normalized spacial score (nSPS) is 30.0. The second-order valence-corrected chi connectivity index (χ2v) is 7.34. The molecule has 2 N–H and O–H groups in total. The fourth-order valence-corrected chi connectivity index (χ4v) is 3.22. The molecule has 0 bridgehead atoms. The van der Waals surface area contributed by atoms with Crippen LogP contribution in [0.1, 0.15) is 53.4 Å². The summed E-state index contributed by atoms with van der Waals surface area (Å²) in [6, 6.07) is 1.51. The van der Waals surface area contributed by atoms with E-state index in [4.69, 9.17) is 4.74 Å². The lowest BCUT2D eigenvalue weighted by Crippen LogP contribution is -2.54. The first-order chi connectivity index (χ1) is 9.87. The first-order valence-electron chi connectivity index (χ1n) is 8.34. The number of likely N-dealkylation sites (N-methyl/N-ethyl adjacent to an activating group) is 1. The van der Waals surface area contributed by atoms with Crippen LogP contribution in [0.15, 0.2) is 0 Å². The van der Waals surface area contributed by atoms with Crippen LogP contribution in [-0.2, 0) is 4.74 Å². The molecule has 2 aliphatic rings. The van der Waals surface area contributed by atoms with Crippen LogP contribution >= 0.6 is 0 Å². The summed E-state index contributed by atoms with van der Waals surface area (Å²) >= 11 is 0. The van der Waals surface area contributed by atoms with Crippen LogP contribution in [0.25, 0.3) is 0 Å². The highest BCUT2D eigenvalue weighted by atomic mass is 16.6. The monoisotopic (exact) mass is 297 g/mol. The Kier molecular flexibility index (Phi) is 5.49. The molecular formula is C16H31N3O2. The van der Waals surface area contributed by atoms with E-state index >= 15 is 0 Å². The largest absolute Gasteiger partial charge is 0.444 e. The van der Waals surface area contributed by atoms with Crippen molar-refractivity contribution in [2.45, 2.75) is 77.1 Å². The van der Waals surface area contributed by atoms with Crippen LogP contribution in [0.2, 0.25) is 0 Å². The molecule has 2 rings (SSSR count). The Morgan fingerprint density at radius 1 is 1.29 bits per heavy atom. The first kappa shape index (κ1) is 16.6. The van der Waals surface area contributed by atoms with E-state index in [1.165, 1.54) is 19.4 Å². The van der Waals surface area contributed by atoms with E-state index in [2.05, 4.69) is 22.5 Å².